The van der Waals surface area contributed by atoms with Crippen LogP contribution < -0.4 is 5.73 Å². The number of hydrogen-bond donors (Lipinski definition) is 1. The number of nitrogens with two attached hydrogens (primary N) is 1. The lowest BCUT2D eigenvalue weighted by Gasteiger charge is -2.10. The molecule has 0 radical (unpaired) electrons. The first-order chi connectivity index (χ1) is 12.3. The summed E-state index contributed by atoms with van der Waals surface area (Å²) in [4.78, 5) is 8.32. The van der Waals surface area contributed by atoms with Crippen molar-refractivity contribution in [2.24, 2.45) is 0 Å². The molecule has 2 heterocycles. The Morgan fingerprint density at radius 1 is 0.962 bits per heavy atom. The third-order valence-electron chi connectivity index (χ3n) is 3.73. The van der Waals surface area contributed by atoms with Crippen LogP contribution in [0.25, 0.3) is 22.3 Å². The molecule has 0 bridgehead atoms. The number of benzene rings is 1. The van der Waals surface area contributed by atoms with Crippen molar-refractivity contribution in [3.05, 3.63) is 54.9 Å². The van der Waals surface area contributed by atoms with Crippen molar-refractivity contribution < 1.29 is 17.2 Å². The summed E-state index contributed by atoms with van der Waals surface area (Å²) in [5.74, 6) is 0.278. The highest BCUT2D eigenvalue weighted by Crippen LogP contribution is 2.30. The smallest absolute Gasteiger partial charge is 0.192 e. The molecule has 134 valence electrons. The van der Waals surface area contributed by atoms with Gasteiger partial charge in [0.1, 0.15) is 5.82 Å². The van der Waals surface area contributed by atoms with Crippen LogP contribution in [0.1, 0.15) is 0 Å². The Bertz CT molecular complexity index is 1080. The van der Waals surface area contributed by atoms with Gasteiger partial charge in [0.15, 0.2) is 14.9 Å². The van der Waals surface area contributed by atoms with Gasteiger partial charge in [0, 0.05) is 40.2 Å². The molecular formula is C17H14N3O4S2-. The zero-order chi connectivity index (χ0) is 18.9. The van der Waals surface area contributed by atoms with Gasteiger partial charge in [0.25, 0.3) is 0 Å². The number of anilines is 1. The van der Waals surface area contributed by atoms with E-state index in [9.17, 15) is 17.2 Å². The van der Waals surface area contributed by atoms with Gasteiger partial charge in [-0.2, -0.15) is 0 Å². The standard InChI is InChI=1S/C17H15N3O4S2/c1-26(23,24)16-7-4-12(9-19-16)15-8-13(10-20-17(15)18)11-2-5-14(6-3-11)25(21)22/h2-10H,1H3,(H2,18,20)(H,21,22)/p-1. The molecular weight excluding hydrogens is 374 g/mol. The maximum absolute atomic E-state index is 11.5. The van der Waals surface area contributed by atoms with Crippen molar-refractivity contribution in [1.82, 2.24) is 9.97 Å². The van der Waals surface area contributed by atoms with Gasteiger partial charge in [-0.3, -0.25) is 4.21 Å². The van der Waals surface area contributed by atoms with Crippen molar-refractivity contribution >= 4 is 26.7 Å². The first-order valence-corrected chi connectivity index (χ1v) is 10.3. The van der Waals surface area contributed by atoms with Gasteiger partial charge in [-0.05, 0) is 47.0 Å². The lowest BCUT2D eigenvalue weighted by Crippen LogP contribution is -2.01. The highest BCUT2D eigenvalue weighted by Gasteiger charge is 2.11. The third-order valence-corrected chi connectivity index (χ3v) is 5.38. The minimum absolute atomic E-state index is 0.0230. The molecule has 0 aliphatic rings. The summed E-state index contributed by atoms with van der Waals surface area (Å²) in [7, 11) is -3.38. The van der Waals surface area contributed by atoms with E-state index in [1.165, 1.54) is 24.4 Å². The van der Waals surface area contributed by atoms with Crippen LogP contribution >= 0.6 is 0 Å². The average Bonchev–Trinajstić information content (AvgIpc) is 2.61. The predicted molar refractivity (Wildman–Crippen MR) is 97.6 cm³/mol. The number of nitrogen functional groups attached to an aromatic ring is 1. The van der Waals surface area contributed by atoms with Gasteiger partial charge < -0.3 is 10.3 Å². The van der Waals surface area contributed by atoms with E-state index in [0.717, 1.165) is 17.4 Å². The fourth-order valence-electron chi connectivity index (χ4n) is 2.38. The van der Waals surface area contributed by atoms with Crippen molar-refractivity contribution in [2.45, 2.75) is 9.92 Å². The Hall–Kier alpha value is -2.62. The maximum atomic E-state index is 11.5. The molecule has 0 fully saturated rings. The predicted octanol–water partition coefficient (Wildman–Crippen LogP) is 2.03. The molecule has 0 saturated heterocycles. The molecule has 9 heteroatoms. The van der Waals surface area contributed by atoms with Crippen molar-refractivity contribution in [3.8, 4) is 22.3 Å². The Morgan fingerprint density at radius 2 is 1.58 bits per heavy atom. The van der Waals surface area contributed by atoms with Crippen molar-refractivity contribution in [2.75, 3.05) is 12.0 Å². The topological polar surface area (TPSA) is 126 Å². The Balaban J connectivity index is 2.01. The second-order valence-electron chi connectivity index (χ2n) is 5.57. The Kier molecular flexibility index (Phi) is 4.86. The van der Waals surface area contributed by atoms with Crippen LogP contribution in [-0.2, 0) is 20.9 Å². The zero-order valence-corrected chi connectivity index (χ0v) is 15.3. The van der Waals surface area contributed by atoms with Crippen LogP contribution in [0.15, 0.2) is 64.8 Å². The molecule has 7 nitrogen and oxygen atoms in total. The van der Waals surface area contributed by atoms with Gasteiger partial charge in [-0.15, -0.1) is 0 Å². The van der Waals surface area contributed by atoms with E-state index in [0.29, 0.717) is 11.1 Å². The molecule has 3 aromatic rings. The lowest BCUT2D eigenvalue weighted by molar-refractivity contribution is 0.537. The van der Waals surface area contributed by atoms with Crippen LogP contribution in [0.4, 0.5) is 5.82 Å². The summed E-state index contributed by atoms with van der Waals surface area (Å²) in [6.07, 6.45) is 4.10. The largest absolute Gasteiger partial charge is 0.768 e. The fourth-order valence-corrected chi connectivity index (χ4v) is 3.30. The maximum Gasteiger partial charge on any atom is 0.192 e. The summed E-state index contributed by atoms with van der Waals surface area (Å²) in [6, 6.07) is 11.2. The van der Waals surface area contributed by atoms with E-state index < -0.39 is 20.9 Å². The van der Waals surface area contributed by atoms with Gasteiger partial charge >= 0.3 is 0 Å². The summed E-state index contributed by atoms with van der Waals surface area (Å²) < 4.78 is 44.9. The molecule has 0 saturated carbocycles. The van der Waals surface area contributed by atoms with Crippen LogP contribution in [0.3, 0.4) is 0 Å². The number of rotatable bonds is 4. The molecule has 26 heavy (non-hydrogen) atoms. The van der Waals surface area contributed by atoms with Gasteiger partial charge in [0.05, 0.1) is 0 Å². The lowest BCUT2D eigenvalue weighted by atomic mass is 10.0. The van der Waals surface area contributed by atoms with Gasteiger partial charge in [-0.25, -0.2) is 18.4 Å². The minimum atomic E-state index is -3.38. The molecule has 0 aliphatic heterocycles. The molecule has 2 aromatic heterocycles. The van der Waals surface area contributed by atoms with E-state index in [1.54, 1.807) is 30.5 Å². The summed E-state index contributed by atoms with van der Waals surface area (Å²) in [5.41, 5.74) is 8.69. The van der Waals surface area contributed by atoms with Gasteiger partial charge in [0.2, 0.25) is 0 Å². The molecule has 2 N–H and O–H groups in total. The third kappa shape index (κ3) is 3.79. The van der Waals surface area contributed by atoms with Crippen molar-refractivity contribution in [1.29, 1.82) is 0 Å². The van der Waals surface area contributed by atoms with E-state index in [1.807, 2.05) is 0 Å². The number of pyridine rings is 2. The fraction of sp³-hybridized carbons (Fsp3) is 0.0588. The number of sulfone groups is 1. The van der Waals surface area contributed by atoms with Crippen LogP contribution in [0.5, 0.6) is 0 Å². The molecule has 0 aliphatic carbocycles. The van der Waals surface area contributed by atoms with Crippen LogP contribution in [-0.4, -0.2) is 33.4 Å². The molecule has 1 aromatic carbocycles. The average molecular weight is 388 g/mol. The highest BCUT2D eigenvalue weighted by molar-refractivity contribution is 7.90. The number of hydrogen-bond acceptors (Lipinski definition) is 7. The first kappa shape index (κ1) is 18.2. The van der Waals surface area contributed by atoms with Gasteiger partial charge in [-0.1, -0.05) is 12.1 Å². The van der Waals surface area contributed by atoms with Crippen LogP contribution in [0.2, 0.25) is 0 Å². The second kappa shape index (κ2) is 6.94. The molecule has 0 spiro atoms. The van der Waals surface area contributed by atoms with E-state index in [4.69, 9.17) is 5.73 Å². The normalized spacial score (nSPS) is 12.7. The minimum Gasteiger partial charge on any atom is -0.768 e. The second-order valence-corrected chi connectivity index (χ2v) is 8.48. The summed E-state index contributed by atoms with van der Waals surface area (Å²) >= 11 is -2.28. The highest BCUT2D eigenvalue weighted by atomic mass is 32.2. The van der Waals surface area contributed by atoms with Crippen LogP contribution in [0, 0.1) is 0 Å². The molecule has 3 rings (SSSR count). The molecule has 1 unspecified atom stereocenters. The first-order valence-electron chi connectivity index (χ1n) is 7.37. The van der Waals surface area contributed by atoms with E-state index in [-0.39, 0.29) is 15.7 Å². The molecule has 0 amide bonds. The SMILES string of the molecule is CS(=O)(=O)c1ccc(-c2cc(-c3ccc(S(=O)[O-])cc3)cnc2N)cn1. The number of nitrogens with zero attached hydrogens (tertiary/aromatic N) is 2. The monoisotopic (exact) mass is 388 g/mol. The number of aromatic nitrogens is 2. The van der Waals surface area contributed by atoms with E-state index in [2.05, 4.69) is 9.97 Å². The van der Waals surface area contributed by atoms with Crippen molar-refractivity contribution in [3.63, 3.8) is 0 Å². The Labute approximate surface area is 153 Å². The summed E-state index contributed by atoms with van der Waals surface area (Å²) in [6.45, 7) is 0. The quantitative estimate of drug-likeness (QED) is 0.678. The molecule has 1 atom stereocenters. The summed E-state index contributed by atoms with van der Waals surface area (Å²) in [5, 5.41) is -0.0230. The zero-order valence-electron chi connectivity index (χ0n) is 13.6. The van der Waals surface area contributed by atoms with E-state index >= 15 is 0 Å². The Morgan fingerprint density at radius 3 is 2.12 bits per heavy atom.